The van der Waals surface area contributed by atoms with Gasteiger partial charge in [0.15, 0.2) is 5.82 Å². The molecule has 1 N–H and O–H groups in total. The van der Waals surface area contributed by atoms with E-state index >= 15 is 0 Å². The predicted octanol–water partition coefficient (Wildman–Crippen LogP) is 2.93. The van der Waals surface area contributed by atoms with Crippen LogP contribution in [0, 0.1) is 18.3 Å². The highest BCUT2D eigenvalue weighted by molar-refractivity contribution is 6.09. The van der Waals surface area contributed by atoms with Crippen LogP contribution in [0.5, 0.6) is 5.75 Å². The van der Waals surface area contributed by atoms with E-state index in [0.29, 0.717) is 12.4 Å². The maximum absolute atomic E-state index is 12.0. The Morgan fingerprint density at radius 1 is 1.45 bits per heavy atom. The minimum absolute atomic E-state index is 0.0233. The smallest absolute Gasteiger partial charge is 0.267 e. The number of aromatic nitrogens is 1. The summed E-state index contributed by atoms with van der Waals surface area (Å²) in [5.74, 6) is 1.05. The predicted molar refractivity (Wildman–Crippen MR) is 81.1 cm³/mol. The first-order chi connectivity index (χ1) is 10.6. The molecule has 0 aliphatic rings. The van der Waals surface area contributed by atoms with Gasteiger partial charge in [0, 0.05) is 6.07 Å². The van der Waals surface area contributed by atoms with Crippen molar-refractivity contribution in [3.05, 3.63) is 47.2 Å². The van der Waals surface area contributed by atoms with E-state index in [0.717, 1.165) is 11.3 Å². The Morgan fingerprint density at radius 2 is 2.18 bits per heavy atom. The first-order valence-corrected chi connectivity index (χ1v) is 6.71. The average Bonchev–Trinajstić information content (AvgIpc) is 2.91. The Hall–Kier alpha value is -3.07. The second kappa shape index (κ2) is 7.09. The number of carbonyl (C=O) groups excluding carboxylic acids is 1. The largest absolute Gasteiger partial charge is 0.494 e. The van der Waals surface area contributed by atoms with E-state index < -0.39 is 5.91 Å². The Kier molecular flexibility index (Phi) is 4.94. The lowest BCUT2D eigenvalue weighted by Crippen LogP contribution is -2.13. The fourth-order valence-electron chi connectivity index (χ4n) is 1.75. The zero-order chi connectivity index (χ0) is 15.9. The number of ether oxygens (including phenoxy) is 1. The molecule has 1 aromatic heterocycles. The number of nitrogens with one attached hydrogen (secondary N) is 1. The monoisotopic (exact) mass is 297 g/mol. The number of nitrogens with zero attached hydrogens (tertiary/aromatic N) is 2. The molecule has 2 aromatic rings. The van der Waals surface area contributed by atoms with Crippen molar-refractivity contribution in [1.82, 2.24) is 5.16 Å². The zero-order valence-corrected chi connectivity index (χ0v) is 12.3. The lowest BCUT2D eigenvalue weighted by molar-refractivity contribution is -0.112. The fraction of sp³-hybridized carbons (Fsp3) is 0.188. The maximum atomic E-state index is 12.0. The van der Waals surface area contributed by atoms with E-state index in [2.05, 4.69) is 10.5 Å². The van der Waals surface area contributed by atoms with Crippen LogP contribution < -0.4 is 10.1 Å². The van der Waals surface area contributed by atoms with Crippen LogP contribution in [-0.2, 0) is 4.79 Å². The number of hydrogen-bond donors (Lipinski definition) is 1. The highest BCUT2D eigenvalue weighted by Crippen LogP contribution is 2.15. The van der Waals surface area contributed by atoms with Gasteiger partial charge in [-0.3, -0.25) is 4.79 Å². The van der Waals surface area contributed by atoms with Gasteiger partial charge in [-0.05, 0) is 37.6 Å². The second-order valence-corrected chi connectivity index (χ2v) is 4.45. The van der Waals surface area contributed by atoms with Gasteiger partial charge >= 0.3 is 0 Å². The molecule has 6 heteroatoms. The molecule has 0 spiro atoms. The summed E-state index contributed by atoms with van der Waals surface area (Å²) < 4.78 is 10.2. The van der Waals surface area contributed by atoms with E-state index in [1.54, 1.807) is 37.3 Å². The summed E-state index contributed by atoms with van der Waals surface area (Å²) in [7, 11) is 0. The first-order valence-electron chi connectivity index (χ1n) is 6.71. The molecule has 112 valence electrons. The molecule has 0 saturated carbocycles. The minimum atomic E-state index is -0.537. The normalized spacial score (nSPS) is 10.9. The summed E-state index contributed by atoms with van der Waals surface area (Å²) in [5.41, 5.74) is 0.705. The van der Waals surface area contributed by atoms with Crippen molar-refractivity contribution >= 4 is 17.8 Å². The van der Waals surface area contributed by atoms with Crippen molar-refractivity contribution in [2.45, 2.75) is 13.8 Å². The van der Waals surface area contributed by atoms with Crippen LogP contribution in [0.15, 0.2) is 40.4 Å². The maximum Gasteiger partial charge on any atom is 0.267 e. The highest BCUT2D eigenvalue weighted by atomic mass is 16.5. The molecule has 0 aliphatic heterocycles. The number of hydrogen-bond acceptors (Lipinski definition) is 5. The van der Waals surface area contributed by atoms with Gasteiger partial charge in [0.2, 0.25) is 0 Å². The average molecular weight is 297 g/mol. The van der Waals surface area contributed by atoms with Crippen LogP contribution in [0.3, 0.4) is 0 Å². The van der Waals surface area contributed by atoms with Gasteiger partial charge in [-0.1, -0.05) is 17.3 Å². The number of amides is 1. The fourth-order valence-corrected chi connectivity index (χ4v) is 1.75. The summed E-state index contributed by atoms with van der Waals surface area (Å²) in [6, 6.07) is 10.6. The van der Waals surface area contributed by atoms with Gasteiger partial charge in [0.1, 0.15) is 23.2 Å². The van der Waals surface area contributed by atoms with E-state index in [1.807, 2.05) is 13.0 Å². The van der Waals surface area contributed by atoms with Crippen LogP contribution in [0.1, 0.15) is 18.2 Å². The Labute approximate surface area is 128 Å². The summed E-state index contributed by atoms with van der Waals surface area (Å²) in [6.45, 7) is 4.19. The molecule has 6 nitrogen and oxygen atoms in total. The van der Waals surface area contributed by atoms with E-state index in [1.165, 1.54) is 6.08 Å². The van der Waals surface area contributed by atoms with Gasteiger partial charge < -0.3 is 14.6 Å². The van der Waals surface area contributed by atoms with Gasteiger partial charge in [-0.2, -0.15) is 5.26 Å². The molecular formula is C16H15N3O3. The Bertz CT molecular complexity index is 724. The molecule has 0 atom stereocenters. The summed E-state index contributed by atoms with van der Waals surface area (Å²) in [5, 5.41) is 15.3. The molecule has 0 unspecified atom stereocenters. The molecular weight excluding hydrogens is 282 g/mol. The molecule has 1 heterocycles. The number of aryl methyl sites for hydroxylation is 1. The van der Waals surface area contributed by atoms with Crippen LogP contribution in [0.4, 0.5) is 5.82 Å². The van der Waals surface area contributed by atoms with Crippen molar-refractivity contribution in [2.75, 3.05) is 11.9 Å². The standard InChI is InChI=1S/C16H15N3O3/c1-3-21-14-6-4-12(5-7-14)9-13(10-17)16(20)18-15-8-11(2)22-19-15/h4-9H,3H2,1-2H3,(H,18,19,20)/b13-9-. The van der Waals surface area contributed by atoms with Crippen LogP contribution in [0.25, 0.3) is 6.08 Å². The van der Waals surface area contributed by atoms with E-state index in [-0.39, 0.29) is 11.4 Å². The molecule has 1 amide bonds. The molecule has 0 fully saturated rings. The Morgan fingerprint density at radius 3 is 2.73 bits per heavy atom. The molecule has 0 radical (unpaired) electrons. The number of rotatable bonds is 5. The molecule has 0 saturated heterocycles. The van der Waals surface area contributed by atoms with Crippen LogP contribution >= 0.6 is 0 Å². The lowest BCUT2D eigenvalue weighted by atomic mass is 10.1. The lowest BCUT2D eigenvalue weighted by Gasteiger charge is -2.03. The van der Waals surface area contributed by atoms with Crippen molar-refractivity contribution < 1.29 is 14.1 Å². The molecule has 1 aromatic carbocycles. The summed E-state index contributed by atoms with van der Waals surface area (Å²) >= 11 is 0. The number of carbonyl (C=O) groups is 1. The molecule has 0 aliphatic carbocycles. The van der Waals surface area contributed by atoms with Gasteiger partial charge in [-0.25, -0.2) is 0 Å². The summed E-state index contributed by atoms with van der Waals surface area (Å²) in [6.07, 6.45) is 1.50. The topological polar surface area (TPSA) is 88.1 Å². The zero-order valence-electron chi connectivity index (χ0n) is 12.3. The van der Waals surface area contributed by atoms with Crippen LogP contribution in [-0.4, -0.2) is 17.7 Å². The first kappa shape index (κ1) is 15.3. The molecule has 22 heavy (non-hydrogen) atoms. The number of nitriles is 1. The highest BCUT2D eigenvalue weighted by Gasteiger charge is 2.11. The van der Waals surface area contributed by atoms with Crippen molar-refractivity contribution in [2.24, 2.45) is 0 Å². The van der Waals surface area contributed by atoms with Crippen molar-refractivity contribution in [3.8, 4) is 11.8 Å². The van der Waals surface area contributed by atoms with Gasteiger partial charge in [0.05, 0.1) is 6.61 Å². The Balaban J connectivity index is 2.12. The second-order valence-electron chi connectivity index (χ2n) is 4.45. The number of benzene rings is 1. The van der Waals surface area contributed by atoms with Crippen molar-refractivity contribution in [3.63, 3.8) is 0 Å². The van der Waals surface area contributed by atoms with Crippen LogP contribution in [0.2, 0.25) is 0 Å². The number of anilines is 1. The summed E-state index contributed by atoms with van der Waals surface area (Å²) in [4.78, 5) is 12.0. The third-order valence-corrected chi connectivity index (χ3v) is 2.74. The van der Waals surface area contributed by atoms with Gasteiger partial charge in [0.25, 0.3) is 5.91 Å². The SMILES string of the molecule is CCOc1ccc(/C=C(/C#N)C(=O)Nc2cc(C)on2)cc1. The van der Waals surface area contributed by atoms with E-state index in [4.69, 9.17) is 14.5 Å². The third kappa shape index (κ3) is 3.96. The van der Waals surface area contributed by atoms with Crippen molar-refractivity contribution in [1.29, 1.82) is 5.26 Å². The van der Waals surface area contributed by atoms with Gasteiger partial charge in [-0.15, -0.1) is 0 Å². The molecule has 0 bridgehead atoms. The minimum Gasteiger partial charge on any atom is -0.494 e. The van der Waals surface area contributed by atoms with E-state index in [9.17, 15) is 4.79 Å². The molecule has 2 rings (SSSR count). The third-order valence-electron chi connectivity index (χ3n) is 2.74. The quantitative estimate of drug-likeness (QED) is 0.677.